The molecule has 1 aromatic rings. The third-order valence-corrected chi connectivity index (χ3v) is 5.67. The number of likely N-dealkylation sites (tertiary alicyclic amines) is 1. The highest BCUT2D eigenvalue weighted by molar-refractivity contribution is 9.10. The summed E-state index contributed by atoms with van der Waals surface area (Å²) in [6.07, 6.45) is -12.1. The van der Waals surface area contributed by atoms with Crippen molar-refractivity contribution in [2.75, 3.05) is 13.1 Å². The minimum absolute atomic E-state index is 0.0621. The van der Waals surface area contributed by atoms with Crippen molar-refractivity contribution in [3.8, 4) is 0 Å². The van der Waals surface area contributed by atoms with Crippen molar-refractivity contribution >= 4 is 33.2 Å². The number of rotatable bonds is 5. The van der Waals surface area contributed by atoms with Crippen molar-refractivity contribution in [3.05, 3.63) is 20.8 Å². The van der Waals surface area contributed by atoms with Gasteiger partial charge in [0, 0.05) is 21.3 Å². The minimum Gasteiger partial charge on any atom is -0.382 e. The molecule has 26 heavy (non-hydrogen) atoms. The zero-order valence-electron chi connectivity index (χ0n) is 13.1. The number of nitrogens with one attached hydrogen (secondary N) is 1. The second-order valence-corrected chi connectivity index (χ2v) is 7.68. The Kier molecular flexibility index (Phi) is 6.62. The summed E-state index contributed by atoms with van der Waals surface area (Å²) in [7, 11) is 0. The van der Waals surface area contributed by atoms with E-state index in [1.807, 2.05) is 0 Å². The number of amides is 1. The fraction of sp³-hybridized carbons (Fsp3) is 0.643. The highest BCUT2D eigenvalue weighted by Gasteiger charge is 2.49. The number of nitrogens with zero attached hydrogens (tertiary/aromatic N) is 1. The second-order valence-electron chi connectivity index (χ2n) is 5.82. The highest BCUT2D eigenvalue weighted by Crippen LogP contribution is 2.34. The smallest absolute Gasteiger partial charge is 0.382 e. The van der Waals surface area contributed by atoms with Crippen LogP contribution < -0.4 is 5.32 Å². The number of aliphatic hydroxyl groups is 1. The number of hydrogen-bond donors (Lipinski definition) is 2. The summed E-state index contributed by atoms with van der Waals surface area (Å²) in [6.45, 7) is -1.54. The van der Waals surface area contributed by atoms with Crippen LogP contribution >= 0.6 is 27.3 Å². The molecule has 0 saturated carbocycles. The molecule has 1 saturated heterocycles. The first-order valence-electron chi connectivity index (χ1n) is 7.49. The summed E-state index contributed by atoms with van der Waals surface area (Å²) in [5.41, 5.74) is 0. The van der Waals surface area contributed by atoms with Gasteiger partial charge in [0.2, 0.25) is 5.91 Å². The van der Waals surface area contributed by atoms with E-state index in [1.165, 1.54) is 6.07 Å². The third-order valence-electron chi connectivity index (χ3n) is 3.91. The molecule has 0 aliphatic carbocycles. The zero-order valence-corrected chi connectivity index (χ0v) is 15.5. The van der Waals surface area contributed by atoms with Crippen molar-refractivity contribution in [1.82, 2.24) is 10.2 Å². The standard InChI is InChI=1S/C14H15BrF6N2O2S/c15-7-4-9(26-5-7)10(22-6-13(16,17)18)12(25)23-3-1-2-8(23)11(24)14(19,20)21/h4-5,8,10-11,22,24H,1-3,6H2. The summed E-state index contributed by atoms with van der Waals surface area (Å²) in [5, 5.41) is 13.1. The first kappa shape index (κ1) is 21.5. The highest BCUT2D eigenvalue weighted by atomic mass is 79.9. The fourth-order valence-electron chi connectivity index (χ4n) is 2.79. The molecule has 2 N–H and O–H groups in total. The van der Waals surface area contributed by atoms with E-state index in [0.717, 1.165) is 16.2 Å². The van der Waals surface area contributed by atoms with E-state index in [-0.39, 0.29) is 24.3 Å². The second kappa shape index (κ2) is 8.03. The molecule has 3 unspecified atom stereocenters. The molecule has 0 spiro atoms. The topological polar surface area (TPSA) is 52.6 Å². The number of carbonyl (C=O) groups is 1. The lowest BCUT2D eigenvalue weighted by Crippen LogP contribution is -2.52. The van der Waals surface area contributed by atoms with E-state index in [1.54, 1.807) is 5.38 Å². The average Bonchev–Trinajstić information content (AvgIpc) is 3.13. The first-order chi connectivity index (χ1) is 11.9. The molecule has 1 fully saturated rings. The van der Waals surface area contributed by atoms with Crippen LogP contribution in [0.2, 0.25) is 0 Å². The Hall–Kier alpha value is -0.850. The van der Waals surface area contributed by atoms with Gasteiger partial charge >= 0.3 is 12.4 Å². The third kappa shape index (κ3) is 5.33. The van der Waals surface area contributed by atoms with Gasteiger partial charge in [-0.15, -0.1) is 11.3 Å². The van der Waals surface area contributed by atoms with Gasteiger partial charge in [0.1, 0.15) is 6.04 Å². The Bertz CT molecular complexity index is 636. The number of hydrogen-bond acceptors (Lipinski definition) is 4. The SMILES string of the molecule is O=C(C(NCC(F)(F)F)c1cc(Br)cs1)N1CCCC1C(O)C(F)(F)F. The molecule has 0 aromatic carbocycles. The monoisotopic (exact) mass is 468 g/mol. The van der Waals surface area contributed by atoms with Crippen LogP contribution in [0.25, 0.3) is 0 Å². The largest absolute Gasteiger partial charge is 0.416 e. The van der Waals surface area contributed by atoms with Crippen LogP contribution in [0.5, 0.6) is 0 Å². The molecule has 1 aliphatic rings. The summed E-state index contributed by atoms with van der Waals surface area (Å²) >= 11 is 4.13. The van der Waals surface area contributed by atoms with Gasteiger partial charge in [0.05, 0.1) is 12.6 Å². The van der Waals surface area contributed by atoms with E-state index in [9.17, 15) is 36.2 Å². The van der Waals surface area contributed by atoms with Gasteiger partial charge in [-0.25, -0.2) is 0 Å². The van der Waals surface area contributed by atoms with Crippen LogP contribution in [0.15, 0.2) is 15.9 Å². The molecule has 0 radical (unpaired) electrons. The van der Waals surface area contributed by atoms with Crippen molar-refractivity contribution < 1.29 is 36.2 Å². The van der Waals surface area contributed by atoms with Gasteiger partial charge in [-0.05, 0) is 34.8 Å². The predicted octanol–water partition coefficient (Wildman–Crippen LogP) is 3.62. The quantitative estimate of drug-likeness (QED) is 0.649. The van der Waals surface area contributed by atoms with E-state index >= 15 is 0 Å². The molecular weight excluding hydrogens is 454 g/mol. The fourth-order valence-corrected chi connectivity index (χ4v) is 4.30. The Balaban J connectivity index is 2.24. The molecule has 1 amide bonds. The predicted molar refractivity (Wildman–Crippen MR) is 85.6 cm³/mol. The van der Waals surface area contributed by atoms with E-state index < -0.39 is 43.0 Å². The molecule has 2 rings (SSSR count). The van der Waals surface area contributed by atoms with Crippen LogP contribution in [-0.4, -0.2) is 53.5 Å². The van der Waals surface area contributed by atoms with Crippen LogP contribution in [0.4, 0.5) is 26.3 Å². The van der Waals surface area contributed by atoms with Crippen molar-refractivity contribution in [2.24, 2.45) is 0 Å². The zero-order chi connectivity index (χ0) is 19.7. The number of carbonyl (C=O) groups excluding carboxylic acids is 1. The normalized spacial score (nSPS) is 21.1. The lowest BCUT2D eigenvalue weighted by atomic mass is 10.1. The summed E-state index contributed by atoms with van der Waals surface area (Å²) < 4.78 is 76.6. The van der Waals surface area contributed by atoms with Gasteiger partial charge in [-0.3, -0.25) is 10.1 Å². The van der Waals surface area contributed by atoms with Crippen molar-refractivity contribution in [3.63, 3.8) is 0 Å². The van der Waals surface area contributed by atoms with E-state index in [4.69, 9.17) is 0 Å². The molecule has 1 aromatic heterocycles. The number of aliphatic hydroxyl groups excluding tert-OH is 1. The van der Waals surface area contributed by atoms with Gasteiger partial charge in [0.25, 0.3) is 0 Å². The van der Waals surface area contributed by atoms with Crippen LogP contribution in [0.3, 0.4) is 0 Å². The Morgan fingerprint density at radius 1 is 1.38 bits per heavy atom. The number of halogens is 7. The Morgan fingerprint density at radius 2 is 2.04 bits per heavy atom. The summed E-state index contributed by atoms with van der Waals surface area (Å²) in [4.78, 5) is 13.8. The van der Waals surface area contributed by atoms with Crippen molar-refractivity contribution in [1.29, 1.82) is 0 Å². The van der Waals surface area contributed by atoms with E-state index in [0.29, 0.717) is 4.47 Å². The molecule has 0 bridgehead atoms. The maximum atomic E-state index is 12.8. The summed E-state index contributed by atoms with van der Waals surface area (Å²) in [5.74, 6) is -0.922. The molecular formula is C14H15BrF6N2O2S. The summed E-state index contributed by atoms with van der Waals surface area (Å²) in [6, 6.07) is -1.53. The van der Waals surface area contributed by atoms with Crippen LogP contribution in [-0.2, 0) is 4.79 Å². The molecule has 148 valence electrons. The van der Waals surface area contributed by atoms with Gasteiger partial charge < -0.3 is 10.0 Å². The van der Waals surface area contributed by atoms with Gasteiger partial charge in [-0.2, -0.15) is 26.3 Å². The average molecular weight is 469 g/mol. The minimum atomic E-state index is -4.92. The maximum absolute atomic E-state index is 12.8. The van der Waals surface area contributed by atoms with Crippen LogP contribution in [0.1, 0.15) is 23.8 Å². The maximum Gasteiger partial charge on any atom is 0.416 e. The van der Waals surface area contributed by atoms with Crippen molar-refractivity contribution in [2.45, 2.75) is 43.4 Å². The molecule has 2 heterocycles. The van der Waals surface area contributed by atoms with E-state index in [2.05, 4.69) is 21.2 Å². The van der Waals surface area contributed by atoms with Crippen LogP contribution in [0, 0.1) is 0 Å². The molecule has 1 aliphatic heterocycles. The lowest BCUT2D eigenvalue weighted by Gasteiger charge is -2.32. The molecule has 12 heteroatoms. The number of thiophene rings is 1. The molecule has 3 atom stereocenters. The first-order valence-corrected chi connectivity index (χ1v) is 9.17. The number of alkyl halides is 6. The molecule has 4 nitrogen and oxygen atoms in total. The lowest BCUT2D eigenvalue weighted by molar-refractivity contribution is -0.219. The Morgan fingerprint density at radius 3 is 2.54 bits per heavy atom. The van der Waals surface area contributed by atoms with Gasteiger partial charge in [0.15, 0.2) is 6.10 Å². The van der Waals surface area contributed by atoms with Gasteiger partial charge in [-0.1, -0.05) is 0 Å². The Labute approximate surface area is 157 Å².